The smallest absolute Gasteiger partial charge is 0.268 e. The summed E-state index contributed by atoms with van der Waals surface area (Å²) in [6, 6.07) is 17.5. The van der Waals surface area contributed by atoms with Gasteiger partial charge in [-0.3, -0.25) is 19.5 Å². The molecule has 7 nitrogen and oxygen atoms in total. The van der Waals surface area contributed by atoms with Gasteiger partial charge in [0, 0.05) is 18.3 Å². The highest BCUT2D eigenvalue weighted by Crippen LogP contribution is 2.28. The number of benzene rings is 2. The van der Waals surface area contributed by atoms with Crippen molar-refractivity contribution in [3.8, 4) is 5.69 Å². The lowest BCUT2D eigenvalue weighted by Crippen LogP contribution is -2.37. The molecule has 4 rings (SSSR count). The summed E-state index contributed by atoms with van der Waals surface area (Å²) in [6.07, 6.45) is 1.22. The molecular weight excluding hydrogens is 470 g/mol. The summed E-state index contributed by atoms with van der Waals surface area (Å²) in [5.74, 6) is -0.113. The summed E-state index contributed by atoms with van der Waals surface area (Å²) in [6.45, 7) is 13.0. The van der Waals surface area contributed by atoms with E-state index in [1.807, 2.05) is 46.3 Å². The van der Waals surface area contributed by atoms with Gasteiger partial charge in [-0.1, -0.05) is 45.5 Å². The molecule has 4 aromatic rings. The molecule has 0 aliphatic rings. The number of rotatable bonds is 8. The van der Waals surface area contributed by atoms with Gasteiger partial charge in [0.05, 0.1) is 21.6 Å². The molecular formula is C28H31N5O2S. The number of nitrogens with one attached hydrogen (secondary N) is 3. The number of fused-ring (bicyclic) bond motifs is 1. The fraction of sp³-hybridized carbons (Fsp3) is 0.250. The number of imidazole rings is 1. The molecule has 2 heterocycles. The Morgan fingerprint density at radius 1 is 1.11 bits per heavy atom. The van der Waals surface area contributed by atoms with Gasteiger partial charge >= 0.3 is 0 Å². The minimum Gasteiger partial charge on any atom is -0.322 e. The van der Waals surface area contributed by atoms with Crippen LogP contribution in [0.4, 0.5) is 11.6 Å². The summed E-state index contributed by atoms with van der Waals surface area (Å²) >= 11 is 1.37. The lowest BCUT2D eigenvalue weighted by atomic mass is 9.88. The van der Waals surface area contributed by atoms with Gasteiger partial charge in [0.2, 0.25) is 11.9 Å². The molecule has 0 spiro atoms. The van der Waals surface area contributed by atoms with Crippen molar-refractivity contribution >= 4 is 45.8 Å². The van der Waals surface area contributed by atoms with E-state index in [4.69, 9.17) is 4.98 Å². The van der Waals surface area contributed by atoms with Crippen LogP contribution in [-0.4, -0.2) is 27.4 Å². The summed E-state index contributed by atoms with van der Waals surface area (Å²) in [4.78, 5) is 30.1. The number of aromatic nitrogens is 2. The highest BCUT2D eigenvalue weighted by Gasteiger charge is 2.20. The Labute approximate surface area is 215 Å². The van der Waals surface area contributed by atoms with Crippen LogP contribution in [0.2, 0.25) is 0 Å². The zero-order chi connectivity index (χ0) is 25.9. The lowest BCUT2D eigenvalue weighted by Gasteiger charge is -2.28. The van der Waals surface area contributed by atoms with Crippen molar-refractivity contribution in [2.45, 2.75) is 40.3 Å². The second kappa shape index (κ2) is 10.5. The van der Waals surface area contributed by atoms with Crippen molar-refractivity contribution in [1.82, 2.24) is 14.9 Å². The van der Waals surface area contributed by atoms with E-state index in [9.17, 15) is 9.59 Å². The van der Waals surface area contributed by atoms with Gasteiger partial charge in [-0.2, -0.15) is 0 Å². The van der Waals surface area contributed by atoms with Crippen molar-refractivity contribution in [2.24, 2.45) is 5.41 Å². The van der Waals surface area contributed by atoms with Gasteiger partial charge in [0.15, 0.2) is 0 Å². The third kappa shape index (κ3) is 5.72. The number of hydrogen-bond donors (Lipinski definition) is 3. The van der Waals surface area contributed by atoms with Gasteiger partial charge in [-0.25, -0.2) is 4.98 Å². The van der Waals surface area contributed by atoms with Crippen LogP contribution >= 0.6 is 11.3 Å². The first kappa shape index (κ1) is 25.3. The topological polar surface area (TPSA) is 88.1 Å². The van der Waals surface area contributed by atoms with Crippen molar-refractivity contribution < 1.29 is 9.59 Å². The van der Waals surface area contributed by atoms with Gasteiger partial charge in [-0.05, 0) is 65.8 Å². The molecule has 0 radical (unpaired) electrons. The first-order valence-corrected chi connectivity index (χ1v) is 12.7. The summed E-state index contributed by atoms with van der Waals surface area (Å²) in [7, 11) is 0. The van der Waals surface area contributed by atoms with Crippen LogP contribution in [0.3, 0.4) is 0 Å². The van der Waals surface area contributed by atoms with Gasteiger partial charge < -0.3 is 10.6 Å². The number of thiophene rings is 1. The van der Waals surface area contributed by atoms with Gasteiger partial charge in [-0.15, -0.1) is 11.3 Å². The maximum atomic E-state index is 12.9. The molecule has 2 amide bonds. The van der Waals surface area contributed by atoms with Crippen molar-refractivity contribution in [1.29, 1.82) is 0 Å². The molecule has 0 aliphatic carbocycles. The molecule has 3 N–H and O–H groups in total. The molecule has 0 aliphatic heterocycles. The summed E-state index contributed by atoms with van der Waals surface area (Å²) in [5, 5.41) is 11.2. The van der Waals surface area contributed by atoms with Crippen molar-refractivity contribution in [3.63, 3.8) is 0 Å². The minimum atomic E-state index is -0.296. The summed E-state index contributed by atoms with van der Waals surface area (Å²) in [5.41, 5.74) is 4.24. The van der Waals surface area contributed by atoms with Crippen LogP contribution in [0, 0.1) is 5.41 Å². The van der Waals surface area contributed by atoms with Crippen LogP contribution in [-0.2, 0) is 11.3 Å². The lowest BCUT2D eigenvalue weighted by molar-refractivity contribution is -0.111. The first-order valence-electron chi connectivity index (χ1n) is 11.8. The quantitative estimate of drug-likeness (QED) is 0.259. The second-order valence-electron chi connectivity index (χ2n) is 9.74. The van der Waals surface area contributed by atoms with Gasteiger partial charge in [0.1, 0.15) is 0 Å². The van der Waals surface area contributed by atoms with E-state index in [1.165, 1.54) is 17.4 Å². The van der Waals surface area contributed by atoms with E-state index < -0.39 is 0 Å². The Morgan fingerprint density at radius 3 is 2.61 bits per heavy atom. The van der Waals surface area contributed by atoms with E-state index in [-0.39, 0.29) is 17.2 Å². The number of anilines is 2. The fourth-order valence-electron chi connectivity index (χ4n) is 3.65. The van der Waals surface area contributed by atoms with Crippen molar-refractivity contribution in [3.05, 3.63) is 83.1 Å². The van der Waals surface area contributed by atoms with Crippen LogP contribution in [0.15, 0.2) is 72.6 Å². The average molecular weight is 502 g/mol. The molecule has 0 unspecified atom stereocenters. The molecule has 2 aromatic heterocycles. The third-order valence-corrected chi connectivity index (χ3v) is 7.03. The number of amides is 2. The largest absolute Gasteiger partial charge is 0.322 e. The Hall–Kier alpha value is -3.75. The average Bonchev–Trinajstić information content (AvgIpc) is 3.49. The Bertz CT molecular complexity index is 1400. The van der Waals surface area contributed by atoms with E-state index >= 15 is 0 Å². The molecule has 0 saturated carbocycles. The fourth-order valence-corrected chi connectivity index (χ4v) is 4.26. The van der Waals surface area contributed by atoms with E-state index in [2.05, 4.69) is 56.3 Å². The summed E-state index contributed by atoms with van der Waals surface area (Å²) < 4.78 is 1.89. The molecule has 1 atom stereocenters. The molecule has 0 bridgehead atoms. The Kier molecular flexibility index (Phi) is 7.37. The molecule has 2 aromatic carbocycles. The highest BCUT2D eigenvalue weighted by atomic mass is 32.1. The number of hydrogen-bond acceptors (Lipinski definition) is 5. The SMILES string of the molecule is C=CC(=O)Nc1cccc(-n2c(NC(=O)c3cccs3)nc3cc(CN[C@@H](C)C(C)(C)C)ccc32)c1. The zero-order valence-electron chi connectivity index (χ0n) is 21.0. The second-order valence-corrected chi connectivity index (χ2v) is 10.7. The van der Waals surface area contributed by atoms with Crippen LogP contribution in [0.5, 0.6) is 0 Å². The number of nitrogens with zero attached hydrogens (tertiary/aromatic N) is 2. The van der Waals surface area contributed by atoms with E-state index in [0.717, 1.165) is 22.3 Å². The zero-order valence-corrected chi connectivity index (χ0v) is 21.8. The van der Waals surface area contributed by atoms with Crippen LogP contribution in [0.1, 0.15) is 42.9 Å². The Balaban J connectivity index is 1.73. The number of carbonyl (C=O) groups excluding carboxylic acids is 2. The van der Waals surface area contributed by atoms with Gasteiger partial charge in [0.25, 0.3) is 5.91 Å². The van der Waals surface area contributed by atoms with E-state index in [1.54, 1.807) is 12.1 Å². The highest BCUT2D eigenvalue weighted by molar-refractivity contribution is 7.12. The van der Waals surface area contributed by atoms with Crippen LogP contribution in [0.25, 0.3) is 16.7 Å². The monoisotopic (exact) mass is 501 g/mol. The molecule has 36 heavy (non-hydrogen) atoms. The number of carbonyl (C=O) groups is 2. The van der Waals surface area contributed by atoms with Crippen molar-refractivity contribution in [2.75, 3.05) is 10.6 Å². The minimum absolute atomic E-state index is 0.150. The third-order valence-electron chi connectivity index (χ3n) is 6.16. The maximum Gasteiger partial charge on any atom is 0.268 e. The van der Waals surface area contributed by atoms with Crippen LogP contribution < -0.4 is 16.0 Å². The normalized spacial score (nSPS) is 12.3. The molecule has 186 valence electrons. The molecule has 0 fully saturated rings. The predicted octanol–water partition coefficient (Wildman–Crippen LogP) is 5.99. The van der Waals surface area contributed by atoms with E-state index in [0.29, 0.717) is 29.1 Å². The predicted molar refractivity (Wildman–Crippen MR) is 148 cm³/mol. The maximum absolute atomic E-state index is 12.9. The molecule has 0 saturated heterocycles. The standard InChI is InChI=1S/C28H31N5O2S/c1-6-25(34)30-20-9-7-10-21(16-20)33-23-13-12-19(17-29-18(2)28(3,4)5)15-22(23)31-27(33)32-26(35)24-11-8-14-36-24/h6-16,18,29H,1,17H2,2-5H3,(H,30,34)(H,31,32,35)/t18-/m0/s1. The molecule has 8 heteroatoms. The Morgan fingerprint density at radius 2 is 1.92 bits per heavy atom. The first-order chi connectivity index (χ1) is 17.2.